The summed E-state index contributed by atoms with van der Waals surface area (Å²) in [6, 6.07) is 9.02. The van der Waals surface area contributed by atoms with Gasteiger partial charge >= 0.3 is 5.97 Å². The molecule has 0 amide bonds. The van der Waals surface area contributed by atoms with Crippen molar-refractivity contribution in [1.29, 1.82) is 0 Å². The fraction of sp³-hybridized carbons (Fsp3) is 0.267. The maximum absolute atomic E-state index is 11.2. The van der Waals surface area contributed by atoms with Crippen LogP contribution in [0.5, 0.6) is 0 Å². The molecule has 0 fully saturated rings. The van der Waals surface area contributed by atoms with E-state index in [9.17, 15) is 9.90 Å². The van der Waals surface area contributed by atoms with Crippen LogP contribution < -0.4 is 5.32 Å². The van der Waals surface area contributed by atoms with E-state index in [-0.39, 0.29) is 11.6 Å². The molecule has 1 unspecified atom stereocenters. The number of nitrogens with one attached hydrogen (secondary N) is 1. The molecule has 1 aromatic heterocycles. The molecule has 0 spiro atoms. The second-order valence-electron chi connectivity index (χ2n) is 4.67. The number of benzene rings is 1. The van der Waals surface area contributed by atoms with E-state index in [2.05, 4.69) is 5.32 Å². The van der Waals surface area contributed by atoms with Crippen LogP contribution in [0.3, 0.4) is 0 Å². The first kappa shape index (κ1) is 13.2. The molecule has 0 aliphatic rings. The van der Waals surface area contributed by atoms with E-state index in [0.29, 0.717) is 5.69 Å². The van der Waals surface area contributed by atoms with Gasteiger partial charge in [0.1, 0.15) is 11.5 Å². The molecule has 1 aromatic carbocycles. The van der Waals surface area contributed by atoms with Crippen molar-refractivity contribution in [2.24, 2.45) is 0 Å². The molecule has 100 valence electrons. The van der Waals surface area contributed by atoms with Crippen molar-refractivity contribution in [3.05, 3.63) is 53.0 Å². The summed E-state index contributed by atoms with van der Waals surface area (Å²) in [5, 5.41) is 12.4. The van der Waals surface area contributed by atoms with Crippen molar-refractivity contribution in [2.45, 2.75) is 26.8 Å². The Balaban J connectivity index is 2.26. The third-order valence-electron chi connectivity index (χ3n) is 2.97. The second-order valence-corrected chi connectivity index (χ2v) is 4.67. The standard InChI is InChI=1S/C15H17NO3/c1-9-4-6-13(12(8-9)15(17)18)16-11(3)14-7-5-10(2)19-14/h4-8,11,16H,1-3H3,(H,17,18). The Morgan fingerprint density at radius 2 is 2.00 bits per heavy atom. The number of rotatable bonds is 4. The van der Waals surface area contributed by atoms with Gasteiger partial charge in [0.15, 0.2) is 0 Å². The topological polar surface area (TPSA) is 62.5 Å². The van der Waals surface area contributed by atoms with Gasteiger partial charge in [-0.15, -0.1) is 0 Å². The number of aryl methyl sites for hydroxylation is 2. The molecule has 19 heavy (non-hydrogen) atoms. The van der Waals surface area contributed by atoms with Gasteiger partial charge in [0.05, 0.1) is 11.6 Å². The van der Waals surface area contributed by atoms with Crippen LogP contribution in [0.2, 0.25) is 0 Å². The van der Waals surface area contributed by atoms with Crippen molar-refractivity contribution in [3.8, 4) is 0 Å². The van der Waals surface area contributed by atoms with Crippen LogP contribution in [-0.2, 0) is 0 Å². The van der Waals surface area contributed by atoms with E-state index < -0.39 is 5.97 Å². The summed E-state index contributed by atoms with van der Waals surface area (Å²) in [6.45, 7) is 5.68. The monoisotopic (exact) mass is 259 g/mol. The number of anilines is 1. The molecule has 2 aromatic rings. The Morgan fingerprint density at radius 3 is 2.58 bits per heavy atom. The molecule has 1 atom stereocenters. The average Bonchev–Trinajstić information content (AvgIpc) is 2.78. The first-order valence-electron chi connectivity index (χ1n) is 6.14. The van der Waals surface area contributed by atoms with Crippen molar-refractivity contribution in [3.63, 3.8) is 0 Å². The van der Waals surface area contributed by atoms with E-state index in [1.807, 2.05) is 39.0 Å². The first-order valence-corrected chi connectivity index (χ1v) is 6.14. The summed E-state index contributed by atoms with van der Waals surface area (Å²) in [4.78, 5) is 11.2. The van der Waals surface area contributed by atoms with Gasteiger partial charge in [0.25, 0.3) is 0 Å². The summed E-state index contributed by atoms with van der Waals surface area (Å²) in [5.41, 5.74) is 1.79. The molecule has 0 aliphatic heterocycles. The van der Waals surface area contributed by atoms with Crippen molar-refractivity contribution in [2.75, 3.05) is 5.32 Å². The van der Waals surface area contributed by atoms with Crippen LogP contribution in [0.15, 0.2) is 34.7 Å². The molecular weight excluding hydrogens is 242 g/mol. The van der Waals surface area contributed by atoms with Gasteiger partial charge in [-0.3, -0.25) is 0 Å². The number of hydrogen-bond acceptors (Lipinski definition) is 3. The van der Waals surface area contributed by atoms with Crippen molar-refractivity contribution >= 4 is 11.7 Å². The molecular formula is C15H17NO3. The molecule has 1 heterocycles. The smallest absolute Gasteiger partial charge is 0.337 e. The van der Waals surface area contributed by atoms with Crippen LogP contribution in [0.4, 0.5) is 5.69 Å². The fourth-order valence-corrected chi connectivity index (χ4v) is 1.95. The molecule has 0 radical (unpaired) electrons. The summed E-state index contributed by atoms with van der Waals surface area (Å²) in [5.74, 6) is 0.689. The Bertz CT molecular complexity index is 601. The van der Waals surface area contributed by atoms with Gasteiger partial charge in [-0.05, 0) is 45.0 Å². The lowest BCUT2D eigenvalue weighted by molar-refractivity contribution is 0.0697. The molecule has 4 heteroatoms. The van der Waals surface area contributed by atoms with Crippen LogP contribution in [0, 0.1) is 13.8 Å². The quantitative estimate of drug-likeness (QED) is 0.877. The summed E-state index contributed by atoms with van der Waals surface area (Å²) >= 11 is 0. The van der Waals surface area contributed by atoms with Crippen LogP contribution in [0.1, 0.15) is 40.4 Å². The Labute approximate surface area is 112 Å². The third kappa shape index (κ3) is 2.96. The van der Waals surface area contributed by atoms with Crippen molar-refractivity contribution < 1.29 is 14.3 Å². The van der Waals surface area contributed by atoms with Gasteiger partial charge in [-0.1, -0.05) is 11.6 Å². The number of hydrogen-bond donors (Lipinski definition) is 2. The molecule has 0 saturated carbocycles. The number of carboxylic acid groups (broad SMARTS) is 1. The zero-order valence-electron chi connectivity index (χ0n) is 11.2. The fourth-order valence-electron chi connectivity index (χ4n) is 1.95. The largest absolute Gasteiger partial charge is 0.478 e. The van der Waals surface area contributed by atoms with Crippen molar-refractivity contribution in [1.82, 2.24) is 0 Å². The van der Waals surface area contributed by atoms with Gasteiger partial charge in [-0.25, -0.2) is 4.79 Å². The number of aromatic carboxylic acids is 1. The van der Waals surface area contributed by atoms with E-state index in [0.717, 1.165) is 17.1 Å². The van der Waals surface area contributed by atoms with Gasteiger partial charge < -0.3 is 14.8 Å². The number of carbonyl (C=O) groups is 1. The van der Waals surface area contributed by atoms with Gasteiger partial charge in [-0.2, -0.15) is 0 Å². The van der Waals surface area contributed by atoms with E-state index in [4.69, 9.17) is 4.42 Å². The maximum Gasteiger partial charge on any atom is 0.337 e. The maximum atomic E-state index is 11.2. The molecule has 4 nitrogen and oxygen atoms in total. The third-order valence-corrected chi connectivity index (χ3v) is 2.97. The highest BCUT2D eigenvalue weighted by Crippen LogP contribution is 2.24. The summed E-state index contributed by atoms with van der Waals surface area (Å²) in [6.07, 6.45) is 0. The molecule has 2 N–H and O–H groups in total. The zero-order valence-corrected chi connectivity index (χ0v) is 11.2. The second kappa shape index (κ2) is 5.18. The lowest BCUT2D eigenvalue weighted by atomic mass is 10.1. The lowest BCUT2D eigenvalue weighted by Crippen LogP contribution is -2.10. The first-order chi connectivity index (χ1) is 8.97. The highest BCUT2D eigenvalue weighted by atomic mass is 16.4. The normalized spacial score (nSPS) is 12.2. The minimum absolute atomic E-state index is 0.0884. The SMILES string of the molecule is Cc1ccc(NC(C)c2ccc(C)o2)c(C(=O)O)c1. The summed E-state index contributed by atoms with van der Waals surface area (Å²) < 4.78 is 5.53. The number of furan rings is 1. The van der Waals surface area contributed by atoms with Crippen LogP contribution in [-0.4, -0.2) is 11.1 Å². The molecule has 0 saturated heterocycles. The van der Waals surface area contributed by atoms with Gasteiger partial charge in [0.2, 0.25) is 0 Å². The highest BCUT2D eigenvalue weighted by Gasteiger charge is 2.14. The van der Waals surface area contributed by atoms with Crippen LogP contribution in [0.25, 0.3) is 0 Å². The molecule has 0 aliphatic carbocycles. The summed E-state index contributed by atoms with van der Waals surface area (Å²) in [7, 11) is 0. The zero-order chi connectivity index (χ0) is 14.0. The predicted molar refractivity (Wildman–Crippen MR) is 73.6 cm³/mol. The van der Waals surface area contributed by atoms with E-state index in [1.54, 1.807) is 12.1 Å². The Morgan fingerprint density at radius 1 is 1.26 bits per heavy atom. The average molecular weight is 259 g/mol. The minimum atomic E-state index is -0.936. The predicted octanol–water partition coefficient (Wildman–Crippen LogP) is 3.77. The highest BCUT2D eigenvalue weighted by molar-refractivity contribution is 5.94. The van der Waals surface area contributed by atoms with Gasteiger partial charge in [0, 0.05) is 5.69 Å². The van der Waals surface area contributed by atoms with E-state index >= 15 is 0 Å². The molecule has 2 rings (SSSR count). The molecule has 0 bridgehead atoms. The Hall–Kier alpha value is -2.23. The van der Waals surface area contributed by atoms with E-state index in [1.165, 1.54) is 0 Å². The number of carboxylic acids is 1. The Kier molecular flexibility index (Phi) is 3.60. The minimum Gasteiger partial charge on any atom is -0.478 e. The lowest BCUT2D eigenvalue weighted by Gasteiger charge is -2.15. The van der Waals surface area contributed by atoms with Crippen LogP contribution >= 0.6 is 0 Å².